The maximum absolute atomic E-state index is 13.8. The van der Waals surface area contributed by atoms with E-state index in [1.807, 2.05) is 13.0 Å². The number of benzene rings is 2. The van der Waals surface area contributed by atoms with E-state index in [1.54, 1.807) is 36.4 Å². The van der Waals surface area contributed by atoms with Gasteiger partial charge in [0.15, 0.2) is 11.5 Å². The van der Waals surface area contributed by atoms with E-state index in [-0.39, 0.29) is 22.8 Å². The first-order valence-electron chi connectivity index (χ1n) is 8.40. The highest BCUT2D eigenvalue weighted by Crippen LogP contribution is 2.32. The van der Waals surface area contributed by atoms with Crippen molar-refractivity contribution in [3.05, 3.63) is 76.5 Å². The van der Waals surface area contributed by atoms with Crippen molar-refractivity contribution in [3.8, 4) is 17.4 Å². The molecule has 0 bridgehead atoms. The van der Waals surface area contributed by atoms with Crippen molar-refractivity contribution < 1.29 is 18.7 Å². The molecule has 1 amide bonds. The molecular formula is C20H16ClFN4O3. The van der Waals surface area contributed by atoms with Crippen LogP contribution in [-0.2, 0) is 0 Å². The number of nitrogens with one attached hydrogen (secondary N) is 1. The summed E-state index contributed by atoms with van der Waals surface area (Å²) in [5.74, 6) is -0.922. The van der Waals surface area contributed by atoms with Gasteiger partial charge in [-0.2, -0.15) is 14.5 Å². The molecule has 0 aliphatic rings. The Kier molecular flexibility index (Phi) is 6.36. The lowest BCUT2D eigenvalue weighted by molar-refractivity contribution is 0.0955. The number of aromatic nitrogens is 2. The summed E-state index contributed by atoms with van der Waals surface area (Å²) < 4.78 is 24.5. The molecule has 0 aliphatic carbocycles. The highest BCUT2D eigenvalue weighted by atomic mass is 35.5. The molecule has 3 rings (SSSR count). The van der Waals surface area contributed by atoms with Crippen LogP contribution in [0, 0.1) is 12.7 Å². The van der Waals surface area contributed by atoms with E-state index < -0.39 is 5.82 Å². The summed E-state index contributed by atoms with van der Waals surface area (Å²) in [6.45, 7) is 1.90. The number of amides is 1. The maximum Gasteiger partial charge on any atom is 0.271 e. The fourth-order valence-electron chi connectivity index (χ4n) is 2.38. The second kappa shape index (κ2) is 9.11. The van der Waals surface area contributed by atoms with Gasteiger partial charge in [0.25, 0.3) is 11.8 Å². The average Bonchev–Trinajstić information content (AvgIpc) is 2.71. The molecule has 0 radical (unpaired) electrons. The van der Waals surface area contributed by atoms with Gasteiger partial charge in [-0.3, -0.25) is 4.79 Å². The maximum atomic E-state index is 13.8. The number of carbonyl (C=O) groups excluding carboxylic acids is 1. The van der Waals surface area contributed by atoms with Gasteiger partial charge in [-0.1, -0.05) is 17.7 Å². The van der Waals surface area contributed by atoms with Crippen molar-refractivity contribution in [2.45, 2.75) is 6.92 Å². The summed E-state index contributed by atoms with van der Waals surface area (Å²) in [6, 6.07) is 12.0. The second-order valence-electron chi connectivity index (χ2n) is 5.87. The van der Waals surface area contributed by atoms with Crippen molar-refractivity contribution >= 4 is 23.7 Å². The molecule has 29 heavy (non-hydrogen) atoms. The number of aryl methyl sites for hydroxylation is 1. The summed E-state index contributed by atoms with van der Waals surface area (Å²) in [5, 5.41) is 3.79. The Hall–Kier alpha value is -3.52. The zero-order valence-corrected chi connectivity index (χ0v) is 16.3. The number of ether oxygens (including phenoxy) is 2. The molecule has 2 aromatic carbocycles. The van der Waals surface area contributed by atoms with E-state index in [1.165, 1.54) is 13.3 Å². The van der Waals surface area contributed by atoms with E-state index in [0.29, 0.717) is 16.9 Å². The van der Waals surface area contributed by atoms with E-state index >= 15 is 0 Å². The first-order chi connectivity index (χ1) is 14.0. The lowest BCUT2D eigenvalue weighted by Gasteiger charge is -2.10. The Labute approximate surface area is 171 Å². The first-order valence-corrected chi connectivity index (χ1v) is 8.78. The van der Waals surface area contributed by atoms with Gasteiger partial charge in [0.05, 0.1) is 19.5 Å². The quantitative estimate of drug-likeness (QED) is 0.372. The largest absolute Gasteiger partial charge is 0.493 e. The molecule has 3 aromatic rings. The van der Waals surface area contributed by atoms with E-state index in [0.717, 1.165) is 11.8 Å². The van der Waals surface area contributed by atoms with Crippen LogP contribution in [0.5, 0.6) is 17.4 Å². The minimum atomic E-state index is -0.777. The normalized spacial score (nSPS) is 10.8. The van der Waals surface area contributed by atoms with Crippen LogP contribution in [0.1, 0.15) is 21.5 Å². The molecule has 0 fully saturated rings. The monoisotopic (exact) mass is 414 g/mol. The molecule has 9 heteroatoms. The average molecular weight is 415 g/mol. The van der Waals surface area contributed by atoms with Gasteiger partial charge in [0, 0.05) is 5.56 Å². The molecule has 7 nitrogen and oxygen atoms in total. The van der Waals surface area contributed by atoms with Crippen molar-refractivity contribution in [1.82, 2.24) is 15.4 Å². The number of hydrogen-bond donors (Lipinski definition) is 1. The zero-order valence-electron chi connectivity index (χ0n) is 15.5. The Balaban J connectivity index is 1.76. The first kappa shape index (κ1) is 20.2. The fraction of sp³-hybridized carbons (Fsp3) is 0.100. The van der Waals surface area contributed by atoms with Crippen LogP contribution in [0.15, 0.2) is 53.8 Å². The van der Waals surface area contributed by atoms with Gasteiger partial charge in [-0.05, 0) is 54.4 Å². The number of methoxy groups -OCH3 is 1. The van der Waals surface area contributed by atoms with Gasteiger partial charge in [-0.15, -0.1) is 0 Å². The molecule has 0 unspecified atom stereocenters. The summed E-state index contributed by atoms with van der Waals surface area (Å²) in [7, 11) is 1.45. The summed E-state index contributed by atoms with van der Waals surface area (Å²) in [5.41, 5.74) is 4.49. The van der Waals surface area contributed by atoms with Crippen LogP contribution >= 0.6 is 11.6 Å². The van der Waals surface area contributed by atoms with E-state index in [9.17, 15) is 9.18 Å². The number of halogens is 2. The molecule has 0 aliphatic heterocycles. The van der Waals surface area contributed by atoms with Crippen LogP contribution in [0.4, 0.5) is 4.39 Å². The Bertz CT molecular complexity index is 1080. The minimum Gasteiger partial charge on any atom is -0.493 e. The number of nitrogens with zero attached hydrogens (tertiary/aromatic N) is 3. The molecular weight excluding hydrogens is 399 g/mol. The van der Waals surface area contributed by atoms with Crippen LogP contribution in [0.2, 0.25) is 5.28 Å². The highest BCUT2D eigenvalue weighted by Gasteiger charge is 2.13. The summed E-state index contributed by atoms with van der Waals surface area (Å²) >= 11 is 5.68. The van der Waals surface area contributed by atoms with Gasteiger partial charge >= 0.3 is 0 Å². The molecule has 0 saturated heterocycles. The topological polar surface area (TPSA) is 85.7 Å². The zero-order chi connectivity index (χ0) is 20.8. The minimum absolute atomic E-state index is 0.156. The van der Waals surface area contributed by atoms with E-state index in [2.05, 4.69) is 20.5 Å². The van der Waals surface area contributed by atoms with Crippen molar-refractivity contribution in [2.75, 3.05) is 7.11 Å². The van der Waals surface area contributed by atoms with Crippen LogP contribution < -0.4 is 14.9 Å². The van der Waals surface area contributed by atoms with Crippen LogP contribution in [0.25, 0.3) is 0 Å². The van der Waals surface area contributed by atoms with Crippen molar-refractivity contribution in [3.63, 3.8) is 0 Å². The lowest BCUT2D eigenvalue weighted by Crippen LogP contribution is -2.17. The standard InChI is InChI=1S/C20H16ClFN4O3/c1-12-4-3-5-14(8-12)18(27)26-24-10-13-6-7-16(28-2)17(9-13)29-19-15(22)11-23-20(21)25-19/h3-11H,1-2H3,(H,26,27). The highest BCUT2D eigenvalue weighted by molar-refractivity contribution is 6.28. The lowest BCUT2D eigenvalue weighted by atomic mass is 10.1. The molecule has 0 spiro atoms. The Morgan fingerprint density at radius 1 is 1.24 bits per heavy atom. The van der Waals surface area contributed by atoms with Crippen molar-refractivity contribution in [1.29, 1.82) is 0 Å². The number of hydrogen-bond acceptors (Lipinski definition) is 6. The van der Waals surface area contributed by atoms with E-state index in [4.69, 9.17) is 21.1 Å². The van der Waals surface area contributed by atoms with Gasteiger partial charge in [0.1, 0.15) is 0 Å². The third-order valence-corrected chi connectivity index (χ3v) is 3.92. The molecule has 1 heterocycles. The predicted octanol–water partition coefficient (Wildman–Crippen LogP) is 4.14. The van der Waals surface area contributed by atoms with Gasteiger partial charge in [-0.25, -0.2) is 10.4 Å². The molecule has 0 saturated carbocycles. The fourth-order valence-corrected chi connectivity index (χ4v) is 2.50. The summed E-state index contributed by atoms with van der Waals surface area (Å²) in [4.78, 5) is 19.4. The third kappa shape index (κ3) is 5.26. The van der Waals surface area contributed by atoms with Crippen LogP contribution in [-0.4, -0.2) is 29.2 Å². The Morgan fingerprint density at radius 3 is 2.83 bits per heavy atom. The second-order valence-corrected chi connectivity index (χ2v) is 6.21. The molecule has 148 valence electrons. The Morgan fingerprint density at radius 2 is 2.07 bits per heavy atom. The van der Waals surface area contributed by atoms with Gasteiger partial charge < -0.3 is 9.47 Å². The van der Waals surface area contributed by atoms with Gasteiger partial charge in [0.2, 0.25) is 11.1 Å². The smallest absolute Gasteiger partial charge is 0.271 e. The molecule has 1 N–H and O–H groups in total. The van der Waals surface area contributed by atoms with Crippen LogP contribution in [0.3, 0.4) is 0 Å². The molecule has 0 atom stereocenters. The number of carbonyl (C=O) groups is 1. The number of rotatable bonds is 6. The SMILES string of the molecule is COc1ccc(C=NNC(=O)c2cccc(C)c2)cc1Oc1nc(Cl)ncc1F. The molecule has 1 aromatic heterocycles. The van der Waals surface area contributed by atoms with Crippen molar-refractivity contribution in [2.24, 2.45) is 5.10 Å². The third-order valence-electron chi connectivity index (χ3n) is 3.74. The predicted molar refractivity (Wildman–Crippen MR) is 106 cm³/mol. The summed E-state index contributed by atoms with van der Waals surface area (Å²) in [6.07, 6.45) is 2.33. The number of hydrazone groups is 1.